The summed E-state index contributed by atoms with van der Waals surface area (Å²) < 4.78 is 11.3. The Labute approximate surface area is 107 Å². The van der Waals surface area contributed by atoms with Crippen LogP contribution in [0.1, 0.15) is 6.92 Å². The number of H-pyrrole nitrogens is 1. The average Bonchev–Trinajstić information content (AvgIpc) is 2.94. The Balaban J connectivity index is 2.22. The molecular formula is C13H12N2O4. The van der Waals surface area contributed by atoms with E-state index in [1.807, 2.05) is 12.1 Å². The van der Waals surface area contributed by atoms with Gasteiger partial charge in [0, 0.05) is 17.1 Å². The van der Waals surface area contributed by atoms with E-state index in [0.29, 0.717) is 11.1 Å². The molecule has 3 rings (SSSR count). The summed E-state index contributed by atoms with van der Waals surface area (Å²) in [6, 6.07) is 5.38. The molecule has 0 unspecified atom stereocenters. The third-order valence-electron chi connectivity index (χ3n) is 2.95. The molecular weight excluding hydrogens is 248 g/mol. The van der Waals surface area contributed by atoms with Crippen LogP contribution < -0.4 is 5.76 Å². The third kappa shape index (κ3) is 1.81. The molecule has 2 aromatic heterocycles. The van der Waals surface area contributed by atoms with Gasteiger partial charge in [0.1, 0.15) is 6.54 Å². The second-order valence-corrected chi connectivity index (χ2v) is 4.11. The van der Waals surface area contributed by atoms with Crippen molar-refractivity contribution >= 4 is 28.0 Å². The van der Waals surface area contributed by atoms with Crippen molar-refractivity contribution in [1.82, 2.24) is 9.55 Å². The first-order valence-corrected chi connectivity index (χ1v) is 5.95. The van der Waals surface area contributed by atoms with Gasteiger partial charge in [0.25, 0.3) is 0 Å². The van der Waals surface area contributed by atoms with Crippen LogP contribution >= 0.6 is 0 Å². The lowest BCUT2D eigenvalue weighted by Crippen LogP contribution is -2.21. The van der Waals surface area contributed by atoms with E-state index in [0.717, 1.165) is 10.9 Å². The third-order valence-corrected chi connectivity index (χ3v) is 2.95. The number of hydrogen-bond donors (Lipinski definition) is 1. The Morgan fingerprint density at radius 2 is 2.26 bits per heavy atom. The van der Waals surface area contributed by atoms with E-state index >= 15 is 0 Å². The van der Waals surface area contributed by atoms with Crippen LogP contribution in [0.15, 0.2) is 33.6 Å². The summed E-state index contributed by atoms with van der Waals surface area (Å²) in [5.74, 6) is -1.02. The van der Waals surface area contributed by atoms with E-state index in [2.05, 4.69) is 4.98 Å². The summed E-state index contributed by atoms with van der Waals surface area (Å²) in [4.78, 5) is 26.4. The van der Waals surface area contributed by atoms with Crippen molar-refractivity contribution in [1.29, 1.82) is 0 Å². The molecule has 1 N–H and O–H groups in total. The van der Waals surface area contributed by atoms with Crippen LogP contribution in [-0.4, -0.2) is 22.1 Å². The molecule has 0 fully saturated rings. The molecule has 19 heavy (non-hydrogen) atoms. The van der Waals surface area contributed by atoms with Gasteiger partial charge in [-0.15, -0.1) is 0 Å². The van der Waals surface area contributed by atoms with Crippen LogP contribution in [0.5, 0.6) is 0 Å². The molecule has 0 atom stereocenters. The summed E-state index contributed by atoms with van der Waals surface area (Å²) in [7, 11) is 0. The number of aromatic amines is 1. The van der Waals surface area contributed by atoms with Gasteiger partial charge in [-0.2, -0.15) is 0 Å². The highest BCUT2D eigenvalue weighted by atomic mass is 16.5. The predicted molar refractivity (Wildman–Crippen MR) is 69.0 cm³/mol. The first kappa shape index (κ1) is 11.6. The number of nitrogens with zero attached hydrogens (tertiary/aromatic N) is 1. The number of hydrogen-bond acceptors (Lipinski definition) is 4. The molecule has 6 nitrogen and oxygen atoms in total. The SMILES string of the molecule is CCOC(=O)Cn1c(=O)oc2ccc3[nH]ccc3c21. The molecule has 0 bridgehead atoms. The van der Waals surface area contributed by atoms with Crippen LogP contribution in [0.25, 0.3) is 22.0 Å². The number of benzene rings is 1. The highest BCUT2D eigenvalue weighted by Crippen LogP contribution is 2.23. The summed E-state index contributed by atoms with van der Waals surface area (Å²) in [6.45, 7) is 1.85. The highest BCUT2D eigenvalue weighted by Gasteiger charge is 2.16. The molecule has 0 aliphatic heterocycles. The lowest BCUT2D eigenvalue weighted by atomic mass is 10.2. The van der Waals surface area contributed by atoms with Crippen molar-refractivity contribution in [3.63, 3.8) is 0 Å². The summed E-state index contributed by atoms with van der Waals surface area (Å²) >= 11 is 0. The van der Waals surface area contributed by atoms with E-state index in [1.165, 1.54) is 4.57 Å². The van der Waals surface area contributed by atoms with Crippen LogP contribution in [0, 0.1) is 0 Å². The quantitative estimate of drug-likeness (QED) is 0.726. The summed E-state index contributed by atoms with van der Waals surface area (Å²) in [6.07, 6.45) is 1.77. The van der Waals surface area contributed by atoms with Crippen LogP contribution in [0.3, 0.4) is 0 Å². The Morgan fingerprint density at radius 3 is 3.05 bits per heavy atom. The highest BCUT2D eigenvalue weighted by molar-refractivity contribution is 6.02. The minimum absolute atomic E-state index is 0.149. The number of fused-ring (bicyclic) bond motifs is 3. The second-order valence-electron chi connectivity index (χ2n) is 4.11. The number of aromatic nitrogens is 2. The molecule has 0 aliphatic rings. The topological polar surface area (TPSA) is 77.2 Å². The van der Waals surface area contributed by atoms with E-state index in [4.69, 9.17) is 9.15 Å². The van der Waals surface area contributed by atoms with Crippen LogP contribution in [0.2, 0.25) is 0 Å². The Bertz CT molecular complexity index is 809. The molecule has 2 heterocycles. The minimum atomic E-state index is -0.559. The molecule has 1 aromatic carbocycles. The fourth-order valence-electron chi connectivity index (χ4n) is 2.18. The van der Waals surface area contributed by atoms with Crippen molar-refractivity contribution in [2.75, 3.05) is 6.61 Å². The van der Waals surface area contributed by atoms with Crippen LogP contribution in [0.4, 0.5) is 0 Å². The largest absolute Gasteiger partial charge is 0.465 e. The number of esters is 1. The fourth-order valence-corrected chi connectivity index (χ4v) is 2.18. The molecule has 98 valence electrons. The van der Waals surface area contributed by atoms with Gasteiger partial charge in [-0.3, -0.25) is 9.36 Å². The Kier molecular flexibility index (Phi) is 2.63. The van der Waals surface area contributed by atoms with E-state index in [-0.39, 0.29) is 13.2 Å². The Morgan fingerprint density at radius 1 is 1.42 bits per heavy atom. The summed E-state index contributed by atoms with van der Waals surface area (Å²) in [5, 5.41) is 0.840. The van der Waals surface area contributed by atoms with Gasteiger partial charge >= 0.3 is 11.7 Å². The summed E-state index contributed by atoms with van der Waals surface area (Å²) in [5.41, 5.74) is 1.95. The lowest BCUT2D eigenvalue weighted by Gasteiger charge is -2.02. The molecule has 6 heteroatoms. The maximum Gasteiger partial charge on any atom is 0.420 e. The molecule has 0 saturated carbocycles. The van der Waals surface area contributed by atoms with Gasteiger partial charge in [-0.05, 0) is 25.1 Å². The number of nitrogens with one attached hydrogen (secondary N) is 1. The number of ether oxygens (including phenoxy) is 1. The van der Waals surface area contributed by atoms with E-state index in [9.17, 15) is 9.59 Å². The van der Waals surface area contributed by atoms with E-state index < -0.39 is 11.7 Å². The van der Waals surface area contributed by atoms with Gasteiger partial charge in [0.05, 0.1) is 12.1 Å². The van der Waals surface area contributed by atoms with Crippen molar-refractivity contribution < 1.29 is 13.9 Å². The number of oxazole rings is 1. The number of carbonyl (C=O) groups is 1. The van der Waals surface area contributed by atoms with Crippen molar-refractivity contribution in [2.45, 2.75) is 13.5 Å². The number of carbonyl (C=O) groups excluding carboxylic acids is 1. The zero-order chi connectivity index (χ0) is 13.4. The van der Waals surface area contributed by atoms with Gasteiger partial charge in [0.15, 0.2) is 5.58 Å². The predicted octanol–water partition coefficient (Wildman–Crippen LogP) is 1.64. The van der Waals surface area contributed by atoms with Crippen molar-refractivity contribution in [2.24, 2.45) is 0 Å². The molecule has 0 saturated heterocycles. The van der Waals surface area contributed by atoms with Gasteiger partial charge in [-0.1, -0.05) is 0 Å². The smallest absolute Gasteiger partial charge is 0.420 e. The first-order valence-electron chi connectivity index (χ1n) is 5.95. The van der Waals surface area contributed by atoms with Gasteiger partial charge in [-0.25, -0.2) is 4.79 Å². The van der Waals surface area contributed by atoms with Crippen molar-refractivity contribution in [3.8, 4) is 0 Å². The van der Waals surface area contributed by atoms with E-state index in [1.54, 1.807) is 19.2 Å². The first-order chi connectivity index (χ1) is 9.20. The molecule has 3 aromatic rings. The average molecular weight is 260 g/mol. The molecule has 0 radical (unpaired) electrons. The lowest BCUT2D eigenvalue weighted by molar-refractivity contribution is -0.143. The van der Waals surface area contributed by atoms with Gasteiger partial charge < -0.3 is 14.1 Å². The zero-order valence-corrected chi connectivity index (χ0v) is 10.3. The Hall–Kier alpha value is -2.50. The standard InChI is InChI=1S/C13H12N2O4/c1-2-18-11(16)7-15-12-8-5-6-14-9(8)3-4-10(12)19-13(15)17/h3-6,14H,2,7H2,1H3. The normalized spacial score (nSPS) is 11.2. The van der Waals surface area contributed by atoms with Crippen molar-refractivity contribution in [3.05, 3.63) is 34.9 Å². The minimum Gasteiger partial charge on any atom is -0.465 e. The monoisotopic (exact) mass is 260 g/mol. The van der Waals surface area contributed by atoms with Gasteiger partial charge in [0.2, 0.25) is 0 Å². The van der Waals surface area contributed by atoms with Crippen LogP contribution in [-0.2, 0) is 16.1 Å². The molecule has 0 spiro atoms. The maximum absolute atomic E-state index is 11.8. The zero-order valence-electron chi connectivity index (χ0n) is 10.3. The fraction of sp³-hybridized carbons (Fsp3) is 0.231. The molecule has 0 amide bonds. The molecule has 0 aliphatic carbocycles. The second kappa shape index (κ2) is 4.31. The number of rotatable bonds is 3. The maximum atomic E-state index is 11.8.